The van der Waals surface area contributed by atoms with E-state index in [1.807, 2.05) is 0 Å². The Bertz CT molecular complexity index is 593. The van der Waals surface area contributed by atoms with Crippen LogP contribution in [-0.2, 0) is 47.5 Å². The minimum absolute atomic E-state index is 0.00897. The topological polar surface area (TPSA) is 148 Å². The van der Waals surface area contributed by atoms with Crippen LogP contribution in [0.15, 0.2) is 0 Å². The van der Waals surface area contributed by atoms with Crippen molar-refractivity contribution in [3.63, 3.8) is 0 Å². The van der Waals surface area contributed by atoms with Crippen LogP contribution in [0, 0.1) is 0 Å². The number of amides is 1. The molecule has 236 valence electrons. The number of hydrogen-bond acceptors (Lipinski definition) is 10. The molecular weight excluding hydrogens is 526 g/mol. The molecule has 0 saturated carbocycles. The van der Waals surface area contributed by atoms with Crippen molar-refractivity contribution in [2.75, 3.05) is 92.4 Å². The molecule has 0 rings (SSSR count). The molecule has 0 radical (unpaired) electrons. The van der Waals surface area contributed by atoms with Crippen molar-refractivity contribution >= 4 is 17.8 Å². The molecule has 0 aromatic rings. The Hall–Kier alpha value is -1.83. The summed E-state index contributed by atoms with van der Waals surface area (Å²) in [6, 6.07) is 0. The Balaban J connectivity index is 3.15. The molecule has 12 heteroatoms. The third kappa shape index (κ3) is 32.4. The molecule has 0 saturated heterocycles. The second kappa shape index (κ2) is 31.7. The number of nitrogens with one attached hydrogen (secondary N) is 1. The number of unbranched alkanes of at least 4 members (excludes halogenated alkanes) is 5. The molecule has 40 heavy (non-hydrogen) atoms. The number of carboxylic acids is 1. The molecule has 0 unspecified atom stereocenters. The third-order valence-corrected chi connectivity index (χ3v) is 5.44. The van der Waals surface area contributed by atoms with Gasteiger partial charge in [-0.3, -0.25) is 14.4 Å². The molecule has 0 aliphatic carbocycles. The summed E-state index contributed by atoms with van der Waals surface area (Å²) in [5.74, 6) is -1.40. The lowest BCUT2D eigenvalue weighted by Crippen LogP contribution is -2.25. The zero-order valence-electron chi connectivity index (χ0n) is 24.5. The van der Waals surface area contributed by atoms with Gasteiger partial charge in [-0.05, 0) is 12.8 Å². The van der Waals surface area contributed by atoms with Gasteiger partial charge in [-0.15, -0.1) is 0 Å². The largest absolute Gasteiger partial charge is 0.481 e. The van der Waals surface area contributed by atoms with E-state index in [-0.39, 0.29) is 31.3 Å². The van der Waals surface area contributed by atoms with Gasteiger partial charge in [0.15, 0.2) is 0 Å². The first-order valence-electron chi connectivity index (χ1n) is 14.7. The predicted molar refractivity (Wildman–Crippen MR) is 148 cm³/mol. The summed E-state index contributed by atoms with van der Waals surface area (Å²) in [4.78, 5) is 33.3. The predicted octanol–water partition coefficient (Wildman–Crippen LogP) is 2.75. The van der Waals surface area contributed by atoms with Crippen molar-refractivity contribution < 1.29 is 52.6 Å². The van der Waals surface area contributed by atoms with Gasteiger partial charge in [0.1, 0.15) is 6.61 Å². The maximum atomic E-state index is 11.6. The lowest BCUT2D eigenvalue weighted by molar-refractivity contribution is -0.145. The fourth-order valence-electron chi connectivity index (χ4n) is 3.25. The minimum atomic E-state index is -0.982. The first-order chi connectivity index (χ1) is 19.6. The van der Waals surface area contributed by atoms with Crippen LogP contribution in [0.25, 0.3) is 0 Å². The number of hydrogen-bond donors (Lipinski definition) is 2. The fraction of sp³-hybridized carbons (Fsp3) is 0.893. The first-order valence-corrected chi connectivity index (χ1v) is 14.7. The molecule has 12 nitrogen and oxygen atoms in total. The van der Waals surface area contributed by atoms with Crippen molar-refractivity contribution in [3.8, 4) is 0 Å². The average Bonchev–Trinajstić information content (AvgIpc) is 2.94. The fourth-order valence-corrected chi connectivity index (χ4v) is 3.25. The van der Waals surface area contributed by atoms with E-state index in [0.717, 1.165) is 12.8 Å². The normalized spacial score (nSPS) is 11.0. The molecule has 0 aromatic carbocycles. The quantitative estimate of drug-likeness (QED) is 0.0895. The standard InChI is InChI=1S/C28H53NO11/c1-2-3-4-5-6-7-9-28(33)40-25-24-39-23-22-38-21-20-37-19-18-36-17-16-35-15-14-34-13-8-12-29-26(30)10-11-27(31)32/h2-25H2,1H3,(H,29,30)(H,31,32). The van der Waals surface area contributed by atoms with Crippen molar-refractivity contribution in [1.82, 2.24) is 5.32 Å². The van der Waals surface area contributed by atoms with Crippen LogP contribution in [0.5, 0.6) is 0 Å². The molecule has 1 amide bonds. The maximum absolute atomic E-state index is 11.6. The number of aliphatic carboxylic acids is 1. The van der Waals surface area contributed by atoms with Crippen molar-refractivity contribution in [1.29, 1.82) is 0 Å². The Morgan fingerprint density at radius 1 is 0.525 bits per heavy atom. The number of carbonyl (C=O) groups is 3. The highest BCUT2D eigenvalue weighted by atomic mass is 16.6. The van der Waals surface area contributed by atoms with Gasteiger partial charge in [-0.1, -0.05) is 39.0 Å². The summed E-state index contributed by atoms with van der Waals surface area (Å²) < 4.78 is 37.6. The molecule has 0 heterocycles. The van der Waals surface area contributed by atoms with Crippen molar-refractivity contribution in [2.45, 2.75) is 71.1 Å². The van der Waals surface area contributed by atoms with Gasteiger partial charge < -0.3 is 43.6 Å². The van der Waals surface area contributed by atoms with Crippen LogP contribution in [0.1, 0.15) is 71.1 Å². The van der Waals surface area contributed by atoms with Crippen LogP contribution in [0.4, 0.5) is 0 Å². The van der Waals surface area contributed by atoms with Gasteiger partial charge in [0, 0.05) is 26.0 Å². The zero-order valence-corrected chi connectivity index (χ0v) is 24.5. The van der Waals surface area contributed by atoms with Gasteiger partial charge in [0.2, 0.25) is 5.91 Å². The van der Waals surface area contributed by atoms with E-state index in [4.69, 9.17) is 38.3 Å². The van der Waals surface area contributed by atoms with E-state index >= 15 is 0 Å². The summed E-state index contributed by atoms with van der Waals surface area (Å²) >= 11 is 0. The Kier molecular flexibility index (Phi) is 30.2. The first kappa shape index (κ1) is 38.2. The van der Waals surface area contributed by atoms with E-state index in [9.17, 15) is 14.4 Å². The van der Waals surface area contributed by atoms with E-state index in [2.05, 4.69) is 12.2 Å². The zero-order chi connectivity index (χ0) is 29.4. The highest BCUT2D eigenvalue weighted by Crippen LogP contribution is 2.07. The average molecular weight is 580 g/mol. The molecule has 0 aliphatic heterocycles. The highest BCUT2D eigenvalue weighted by Gasteiger charge is 2.04. The van der Waals surface area contributed by atoms with E-state index in [1.165, 1.54) is 25.7 Å². The molecule has 0 atom stereocenters. The van der Waals surface area contributed by atoms with Crippen LogP contribution in [-0.4, -0.2) is 115 Å². The monoisotopic (exact) mass is 579 g/mol. The molecule has 0 aromatic heterocycles. The van der Waals surface area contributed by atoms with Gasteiger partial charge in [0.25, 0.3) is 0 Å². The van der Waals surface area contributed by atoms with Crippen molar-refractivity contribution in [3.05, 3.63) is 0 Å². The Labute approximate surface area is 239 Å². The van der Waals surface area contributed by atoms with Crippen LogP contribution in [0.3, 0.4) is 0 Å². The number of ether oxygens (including phenoxy) is 7. The molecule has 2 N–H and O–H groups in total. The van der Waals surface area contributed by atoms with E-state index in [1.54, 1.807) is 0 Å². The smallest absolute Gasteiger partial charge is 0.305 e. The van der Waals surface area contributed by atoms with E-state index in [0.29, 0.717) is 98.7 Å². The molecule has 0 spiro atoms. The van der Waals surface area contributed by atoms with E-state index < -0.39 is 5.97 Å². The molecule has 0 fully saturated rings. The van der Waals surface area contributed by atoms with Gasteiger partial charge >= 0.3 is 11.9 Å². The van der Waals surface area contributed by atoms with Gasteiger partial charge in [-0.25, -0.2) is 0 Å². The number of esters is 1. The summed E-state index contributed by atoms with van der Waals surface area (Å²) in [6.07, 6.45) is 7.86. The summed E-state index contributed by atoms with van der Waals surface area (Å²) in [5.41, 5.74) is 0. The second-order valence-corrected chi connectivity index (χ2v) is 9.01. The second-order valence-electron chi connectivity index (χ2n) is 9.01. The SMILES string of the molecule is CCCCCCCCC(=O)OCCOCCOCCOCCOCCOCCOCCCNC(=O)CCC(=O)O. The molecule has 0 bridgehead atoms. The lowest BCUT2D eigenvalue weighted by Gasteiger charge is -2.09. The highest BCUT2D eigenvalue weighted by molar-refractivity contribution is 5.80. The molecule has 0 aliphatic rings. The summed E-state index contributed by atoms with van der Waals surface area (Å²) in [7, 11) is 0. The maximum Gasteiger partial charge on any atom is 0.305 e. The molecular formula is C28H53NO11. The van der Waals surface area contributed by atoms with Crippen LogP contribution in [0.2, 0.25) is 0 Å². The third-order valence-electron chi connectivity index (χ3n) is 5.44. The Morgan fingerprint density at radius 2 is 0.975 bits per heavy atom. The van der Waals surface area contributed by atoms with Gasteiger partial charge in [-0.2, -0.15) is 0 Å². The Morgan fingerprint density at radius 3 is 1.48 bits per heavy atom. The van der Waals surface area contributed by atoms with Crippen LogP contribution >= 0.6 is 0 Å². The van der Waals surface area contributed by atoms with Gasteiger partial charge in [0.05, 0.1) is 79.1 Å². The summed E-state index contributed by atoms with van der Waals surface area (Å²) in [5, 5.41) is 11.2. The number of carbonyl (C=O) groups excluding carboxylic acids is 2. The number of carboxylic acid groups (broad SMARTS) is 1. The minimum Gasteiger partial charge on any atom is -0.481 e. The van der Waals surface area contributed by atoms with Crippen molar-refractivity contribution in [2.24, 2.45) is 0 Å². The number of rotatable bonds is 32. The summed E-state index contributed by atoms with van der Waals surface area (Å²) in [6.45, 7) is 8.40. The van der Waals surface area contributed by atoms with Crippen LogP contribution < -0.4 is 5.32 Å². The lowest BCUT2D eigenvalue weighted by atomic mass is 10.1.